The summed E-state index contributed by atoms with van der Waals surface area (Å²) in [6.45, 7) is 6.20. The zero-order valence-corrected chi connectivity index (χ0v) is 7.17. The molecule has 0 unspecified atom stereocenters. The summed E-state index contributed by atoms with van der Waals surface area (Å²) in [5, 5.41) is 0. The van der Waals surface area contributed by atoms with E-state index in [1.165, 1.54) is 6.22 Å². The van der Waals surface area contributed by atoms with Crippen LogP contribution < -0.4 is 10.9 Å². The molecule has 0 radical (unpaired) electrons. The minimum absolute atomic E-state index is 0.779. The molecule has 11 heavy (non-hydrogen) atoms. The van der Waals surface area contributed by atoms with E-state index in [4.69, 9.17) is 0 Å². The van der Waals surface area contributed by atoms with Gasteiger partial charge in [0.05, 0.1) is 0 Å². The van der Waals surface area contributed by atoms with E-state index in [0.29, 0.717) is 0 Å². The Morgan fingerprint density at radius 2 is 1.45 bits per heavy atom. The molecular formula is C9H12B2. The smallest absolute Gasteiger partial charge is 0.0865 e. The molecule has 0 N–H and O–H groups in total. The molecule has 2 heteroatoms. The van der Waals surface area contributed by atoms with Gasteiger partial charge in [0.2, 0.25) is 0 Å². The highest BCUT2D eigenvalue weighted by molar-refractivity contribution is 6.98. The molecule has 0 aromatic heterocycles. The molecule has 1 aromatic carbocycles. The highest BCUT2D eigenvalue weighted by Gasteiger charge is 2.28. The predicted octanol–water partition coefficient (Wildman–Crippen LogP) is 0.903. The van der Waals surface area contributed by atoms with Crippen LogP contribution in [0.5, 0.6) is 0 Å². The SMILES string of the molecule is CB1CB(C)c2ccccc21. The molecule has 1 heterocycles. The van der Waals surface area contributed by atoms with Crippen molar-refractivity contribution in [3.63, 3.8) is 0 Å². The first-order valence-electron chi connectivity index (χ1n) is 4.38. The summed E-state index contributed by atoms with van der Waals surface area (Å²) >= 11 is 0. The van der Waals surface area contributed by atoms with Crippen LogP contribution in [0.3, 0.4) is 0 Å². The first-order valence-corrected chi connectivity index (χ1v) is 4.38. The molecule has 0 atom stereocenters. The Hall–Kier alpha value is -0.650. The van der Waals surface area contributed by atoms with Crippen LogP contribution in [0.25, 0.3) is 0 Å². The Kier molecular flexibility index (Phi) is 1.56. The van der Waals surface area contributed by atoms with Gasteiger partial charge in [0.1, 0.15) is 0 Å². The Labute approximate surface area is 69.2 Å². The third-order valence-corrected chi connectivity index (χ3v) is 2.76. The zero-order chi connectivity index (χ0) is 7.84. The van der Waals surface area contributed by atoms with Gasteiger partial charge in [-0.3, -0.25) is 0 Å². The molecule has 0 saturated carbocycles. The van der Waals surface area contributed by atoms with E-state index >= 15 is 0 Å². The minimum Gasteiger partial charge on any atom is -0.0865 e. The Morgan fingerprint density at radius 1 is 1.00 bits per heavy atom. The second-order valence-corrected chi connectivity index (χ2v) is 3.67. The van der Waals surface area contributed by atoms with Crippen molar-refractivity contribution in [2.45, 2.75) is 19.9 Å². The van der Waals surface area contributed by atoms with Crippen molar-refractivity contribution < 1.29 is 0 Å². The molecule has 0 fully saturated rings. The van der Waals surface area contributed by atoms with E-state index in [1.54, 1.807) is 10.9 Å². The van der Waals surface area contributed by atoms with Crippen molar-refractivity contribution >= 4 is 24.4 Å². The van der Waals surface area contributed by atoms with Crippen LogP contribution in [0.4, 0.5) is 0 Å². The highest BCUT2D eigenvalue weighted by Crippen LogP contribution is 2.06. The summed E-state index contributed by atoms with van der Waals surface area (Å²) < 4.78 is 0. The van der Waals surface area contributed by atoms with Crippen molar-refractivity contribution in [1.29, 1.82) is 0 Å². The zero-order valence-electron chi connectivity index (χ0n) is 7.17. The molecule has 0 aliphatic carbocycles. The van der Waals surface area contributed by atoms with Gasteiger partial charge in [0, 0.05) is 0 Å². The van der Waals surface area contributed by atoms with Gasteiger partial charge in [-0.15, -0.1) is 0 Å². The number of hydrogen-bond acceptors (Lipinski definition) is 0. The maximum absolute atomic E-state index is 2.32. The first-order chi connectivity index (χ1) is 5.29. The Balaban J connectivity index is 2.52. The third-order valence-electron chi connectivity index (χ3n) is 2.76. The maximum atomic E-state index is 2.32. The lowest BCUT2D eigenvalue weighted by Crippen LogP contribution is -2.32. The van der Waals surface area contributed by atoms with Gasteiger partial charge < -0.3 is 0 Å². The second-order valence-electron chi connectivity index (χ2n) is 3.67. The monoisotopic (exact) mass is 142 g/mol. The number of fused-ring (bicyclic) bond motifs is 1. The third kappa shape index (κ3) is 1.01. The van der Waals surface area contributed by atoms with Gasteiger partial charge in [-0.25, -0.2) is 0 Å². The normalized spacial score (nSPS) is 15.5. The minimum atomic E-state index is 0.779. The van der Waals surface area contributed by atoms with Gasteiger partial charge in [-0.1, -0.05) is 55.1 Å². The van der Waals surface area contributed by atoms with Crippen LogP contribution >= 0.6 is 0 Å². The van der Waals surface area contributed by atoms with Gasteiger partial charge in [-0.2, -0.15) is 0 Å². The lowest BCUT2D eigenvalue weighted by molar-refractivity contribution is 1.81. The van der Waals surface area contributed by atoms with Crippen LogP contribution in [-0.2, 0) is 0 Å². The first kappa shape index (κ1) is 7.02. The average Bonchev–Trinajstić information content (AvgIpc) is 2.30. The molecular weight excluding hydrogens is 130 g/mol. The van der Waals surface area contributed by atoms with Crippen molar-refractivity contribution in [2.75, 3.05) is 0 Å². The predicted molar refractivity (Wildman–Crippen MR) is 53.8 cm³/mol. The van der Waals surface area contributed by atoms with Crippen LogP contribution in [0, 0.1) is 0 Å². The lowest BCUT2D eigenvalue weighted by atomic mass is 9.37. The summed E-state index contributed by atoms with van der Waals surface area (Å²) in [4.78, 5) is 0. The Morgan fingerprint density at radius 3 is 1.91 bits per heavy atom. The molecule has 1 aromatic rings. The van der Waals surface area contributed by atoms with Crippen molar-refractivity contribution in [3.05, 3.63) is 24.3 Å². The molecule has 1 aliphatic rings. The number of rotatable bonds is 0. The van der Waals surface area contributed by atoms with Gasteiger partial charge >= 0.3 is 0 Å². The van der Waals surface area contributed by atoms with Gasteiger partial charge in [0.15, 0.2) is 13.4 Å². The van der Waals surface area contributed by atoms with Crippen molar-refractivity contribution in [1.82, 2.24) is 0 Å². The molecule has 0 nitrogen and oxygen atoms in total. The van der Waals surface area contributed by atoms with Gasteiger partial charge in [-0.05, 0) is 0 Å². The largest absolute Gasteiger partial charge is 0.165 e. The molecule has 0 saturated heterocycles. The fourth-order valence-corrected chi connectivity index (χ4v) is 2.19. The molecule has 0 spiro atoms. The summed E-state index contributed by atoms with van der Waals surface area (Å²) in [5.41, 5.74) is 3.14. The van der Waals surface area contributed by atoms with E-state index in [9.17, 15) is 0 Å². The quantitative estimate of drug-likeness (QED) is 0.472. The summed E-state index contributed by atoms with van der Waals surface area (Å²) in [7, 11) is 0. The van der Waals surface area contributed by atoms with E-state index in [-0.39, 0.29) is 0 Å². The summed E-state index contributed by atoms with van der Waals surface area (Å²) in [5.74, 6) is 0. The Bertz CT molecular complexity index is 243. The average molecular weight is 142 g/mol. The second kappa shape index (κ2) is 2.44. The fraction of sp³-hybridized carbons (Fsp3) is 0.333. The van der Waals surface area contributed by atoms with E-state index < -0.39 is 0 Å². The van der Waals surface area contributed by atoms with E-state index in [2.05, 4.69) is 37.9 Å². The van der Waals surface area contributed by atoms with Crippen LogP contribution in [0.2, 0.25) is 19.9 Å². The van der Waals surface area contributed by atoms with Crippen LogP contribution in [0.1, 0.15) is 0 Å². The number of benzene rings is 1. The van der Waals surface area contributed by atoms with E-state index in [1.807, 2.05) is 0 Å². The lowest BCUT2D eigenvalue weighted by Gasteiger charge is -2.00. The fourth-order valence-electron chi connectivity index (χ4n) is 2.19. The molecule has 54 valence electrons. The van der Waals surface area contributed by atoms with Crippen molar-refractivity contribution in [2.24, 2.45) is 0 Å². The number of hydrogen-bond donors (Lipinski definition) is 0. The van der Waals surface area contributed by atoms with Gasteiger partial charge in [0.25, 0.3) is 0 Å². The van der Waals surface area contributed by atoms with Crippen molar-refractivity contribution in [3.8, 4) is 0 Å². The van der Waals surface area contributed by atoms with Crippen LogP contribution in [-0.4, -0.2) is 13.4 Å². The molecule has 1 aliphatic heterocycles. The maximum Gasteiger partial charge on any atom is 0.165 e. The van der Waals surface area contributed by atoms with Crippen LogP contribution in [0.15, 0.2) is 24.3 Å². The topological polar surface area (TPSA) is 0 Å². The highest BCUT2D eigenvalue weighted by atomic mass is 14.0. The molecule has 2 rings (SSSR count). The summed E-state index contributed by atoms with van der Waals surface area (Å²) in [6.07, 6.45) is 1.33. The summed E-state index contributed by atoms with van der Waals surface area (Å²) in [6, 6.07) is 8.83. The molecule has 0 bridgehead atoms. The van der Waals surface area contributed by atoms with E-state index in [0.717, 1.165) is 13.4 Å². The standard InChI is InChI=1S/C9H12B2/c1-10-7-11(2)9-6-4-3-5-8(9)10/h3-6H,7H2,1-2H3. The molecule has 0 amide bonds.